The van der Waals surface area contributed by atoms with Crippen molar-refractivity contribution in [3.8, 4) is 0 Å². The van der Waals surface area contributed by atoms with Gasteiger partial charge in [0.25, 0.3) is 0 Å². The van der Waals surface area contributed by atoms with Gasteiger partial charge < -0.3 is 10.2 Å². The van der Waals surface area contributed by atoms with Crippen molar-refractivity contribution in [2.75, 3.05) is 0 Å². The normalized spacial score (nSPS) is 14.1. The van der Waals surface area contributed by atoms with E-state index in [9.17, 15) is 9.59 Å². The number of rotatable bonds is 11. The highest BCUT2D eigenvalue weighted by Crippen LogP contribution is 2.30. The summed E-state index contributed by atoms with van der Waals surface area (Å²) in [5, 5.41) is 3.93. The predicted molar refractivity (Wildman–Crippen MR) is 166 cm³/mol. The minimum Gasteiger partial charge on any atom is -0.352 e. The number of nitrogens with one attached hydrogen (secondary N) is 1. The molecule has 0 spiro atoms. The van der Waals surface area contributed by atoms with Gasteiger partial charge in [0.15, 0.2) is 0 Å². The van der Waals surface area contributed by atoms with Crippen molar-refractivity contribution in [1.29, 1.82) is 0 Å². The van der Waals surface area contributed by atoms with Crippen LogP contribution in [-0.4, -0.2) is 28.8 Å². The standard InChI is InChI=1S/C36H37ClN2O2/c37-31-22-20-28(21-23-31)26-39(34(24-27-12-4-1-5-13-27)36(41)38-32-18-10-11-19-32)35(40)25-33(29-14-6-2-7-15-29)30-16-8-3-9-17-30/h1-9,12-17,20-23,32-34H,10-11,18-19,24-26H2,(H,38,41)/t34-/m1/s1. The van der Waals surface area contributed by atoms with Crippen LogP contribution in [0.3, 0.4) is 0 Å². The molecule has 41 heavy (non-hydrogen) atoms. The molecule has 0 heterocycles. The number of carbonyl (C=O) groups excluding carboxylic acids is 2. The fourth-order valence-electron chi connectivity index (χ4n) is 5.80. The van der Waals surface area contributed by atoms with Crippen LogP contribution >= 0.6 is 11.6 Å². The molecule has 0 bridgehead atoms. The fraction of sp³-hybridized carbons (Fsp3) is 0.278. The van der Waals surface area contributed by atoms with E-state index in [0.717, 1.165) is 47.9 Å². The zero-order valence-electron chi connectivity index (χ0n) is 23.3. The zero-order chi connectivity index (χ0) is 28.4. The molecule has 210 valence electrons. The second kappa shape index (κ2) is 14.1. The second-order valence-electron chi connectivity index (χ2n) is 10.9. The van der Waals surface area contributed by atoms with Crippen LogP contribution in [-0.2, 0) is 22.6 Å². The summed E-state index contributed by atoms with van der Waals surface area (Å²) in [6, 6.07) is 37.3. The van der Waals surface area contributed by atoms with Crippen LogP contribution in [0, 0.1) is 0 Å². The van der Waals surface area contributed by atoms with Crippen molar-refractivity contribution in [1.82, 2.24) is 10.2 Å². The van der Waals surface area contributed by atoms with Gasteiger partial charge in [-0.05, 0) is 47.2 Å². The van der Waals surface area contributed by atoms with Gasteiger partial charge in [0, 0.05) is 36.4 Å². The Kier molecular flexibility index (Phi) is 9.87. The van der Waals surface area contributed by atoms with Gasteiger partial charge in [-0.15, -0.1) is 0 Å². The first-order valence-electron chi connectivity index (χ1n) is 14.5. The SMILES string of the molecule is O=C(NC1CCCC1)[C@@H](Cc1ccccc1)N(Cc1ccc(Cl)cc1)C(=O)CC(c1ccccc1)c1ccccc1. The van der Waals surface area contributed by atoms with E-state index in [0.29, 0.717) is 18.0 Å². The van der Waals surface area contributed by atoms with E-state index in [1.807, 2.05) is 91.0 Å². The third-order valence-corrected chi connectivity index (χ3v) is 8.27. The summed E-state index contributed by atoms with van der Waals surface area (Å²) in [6.07, 6.45) is 4.91. The van der Waals surface area contributed by atoms with E-state index in [1.54, 1.807) is 4.90 Å². The molecule has 1 aliphatic carbocycles. The minimum absolute atomic E-state index is 0.0554. The summed E-state index contributed by atoms with van der Waals surface area (Å²) < 4.78 is 0. The molecule has 0 radical (unpaired) electrons. The number of hydrogen-bond donors (Lipinski definition) is 1. The smallest absolute Gasteiger partial charge is 0.243 e. The van der Waals surface area contributed by atoms with Crippen molar-refractivity contribution in [3.05, 3.63) is 143 Å². The molecule has 0 unspecified atom stereocenters. The molecule has 1 atom stereocenters. The molecule has 2 amide bonds. The summed E-state index contributed by atoms with van der Waals surface area (Å²) in [5.74, 6) is -0.271. The number of nitrogens with zero attached hydrogens (tertiary/aromatic N) is 1. The van der Waals surface area contributed by atoms with E-state index in [2.05, 4.69) is 29.6 Å². The molecule has 1 aliphatic rings. The van der Waals surface area contributed by atoms with Crippen LogP contribution in [0.2, 0.25) is 5.02 Å². The third kappa shape index (κ3) is 7.86. The predicted octanol–water partition coefficient (Wildman–Crippen LogP) is 7.56. The molecule has 0 saturated heterocycles. The van der Waals surface area contributed by atoms with E-state index in [1.165, 1.54) is 0 Å². The number of halogens is 1. The van der Waals surface area contributed by atoms with Crippen LogP contribution in [0.5, 0.6) is 0 Å². The number of amides is 2. The largest absolute Gasteiger partial charge is 0.352 e. The van der Waals surface area contributed by atoms with Gasteiger partial charge in [-0.25, -0.2) is 0 Å². The van der Waals surface area contributed by atoms with Crippen LogP contribution in [0.1, 0.15) is 60.3 Å². The monoisotopic (exact) mass is 564 g/mol. The summed E-state index contributed by atoms with van der Waals surface area (Å²) in [4.78, 5) is 30.2. The van der Waals surface area contributed by atoms with E-state index in [4.69, 9.17) is 11.6 Å². The lowest BCUT2D eigenvalue weighted by atomic mass is 9.87. The van der Waals surface area contributed by atoms with Gasteiger partial charge in [-0.3, -0.25) is 9.59 Å². The van der Waals surface area contributed by atoms with Crippen molar-refractivity contribution >= 4 is 23.4 Å². The third-order valence-electron chi connectivity index (χ3n) is 8.02. The van der Waals surface area contributed by atoms with Crippen LogP contribution in [0.4, 0.5) is 0 Å². The van der Waals surface area contributed by atoms with E-state index < -0.39 is 6.04 Å². The van der Waals surface area contributed by atoms with Crippen LogP contribution in [0.15, 0.2) is 115 Å². The Balaban J connectivity index is 1.50. The Morgan fingerprint density at radius 3 is 1.83 bits per heavy atom. The molecular weight excluding hydrogens is 528 g/mol. The van der Waals surface area contributed by atoms with Gasteiger partial charge in [0.2, 0.25) is 11.8 Å². The molecular formula is C36H37ClN2O2. The molecule has 1 N–H and O–H groups in total. The molecule has 4 aromatic rings. The minimum atomic E-state index is -0.645. The Bertz CT molecular complexity index is 1350. The summed E-state index contributed by atoms with van der Waals surface area (Å²) in [7, 11) is 0. The average Bonchev–Trinajstić information content (AvgIpc) is 3.53. The van der Waals surface area contributed by atoms with E-state index >= 15 is 0 Å². The van der Waals surface area contributed by atoms with Gasteiger partial charge >= 0.3 is 0 Å². The highest BCUT2D eigenvalue weighted by Gasteiger charge is 2.33. The highest BCUT2D eigenvalue weighted by atomic mass is 35.5. The molecule has 0 aliphatic heterocycles. The molecule has 4 aromatic carbocycles. The van der Waals surface area contributed by atoms with Crippen molar-refractivity contribution in [2.45, 2.75) is 63.1 Å². The van der Waals surface area contributed by atoms with Gasteiger partial charge in [0.05, 0.1) is 0 Å². The number of hydrogen-bond acceptors (Lipinski definition) is 2. The molecule has 5 heteroatoms. The summed E-state index contributed by atoms with van der Waals surface area (Å²) >= 11 is 6.19. The molecule has 1 fully saturated rings. The molecule has 1 saturated carbocycles. The number of benzene rings is 4. The second-order valence-corrected chi connectivity index (χ2v) is 11.4. The lowest BCUT2D eigenvalue weighted by Gasteiger charge is -2.33. The molecule has 0 aromatic heterocycles. The zero-order valence-corrected chi connectivity index (χ0v) is 24.0. The topological polar surface area (TPSA) is 49.4 Å². The Hall–Kier alpha value is -3.89. The van der Waals surface area contributed by atoms with Crippen molar-refractivity contribution in [3.63, 3.8) is 0 Å². The van der Waals surface area contributed by atoms with E-state index in [-0.39, 0.29) is 30.2 Å². The van der Waals surface area contributed by atoms with Gasteiger partial charge in [0.1, 0.15) is 6.04 Å². The first-order chi connectivity index (χ1) is 20.1. The van der Waals surface area contributed by atoms with Crippen LogP contribution < -0.4 is 5.32 Å². The summed E-state index contributed by atoms with van der Waals surface area (Å²) in [6.45, 7) is 0.321. The molecule has 4 nitrogen and oxygen atoms in total. The van der Waals surface area contributed by atoms with Gasteiger partial charge in [-0.1, -0.05) is 128 Å². The van der Waals surface area contributed by atoms with Crippen molar-refractivity contribution < 1.29 is 9.59 Å². The maximum atomic E-state index is 14.5. The van der Waals surface area contributed by atoms with Gasteiger partial charge in [-0.2, -0.15) is 0 Å². The first-order valence-corrected chi connectivity index (χ1v) is 14.9. The first kappa shape index (κ1) is 28.6. The maximum Gasteiger partial charge on any atom is 0.243 e. The lowest BCUT2D eigenvalue weighted by molar-refractivity contribution is -0.141. The average molecular weight is 565 g/mol. The quantitative estimate of drug-likeness (QED) is 0.204. The highest BCUT2D eigenvalue weighted by molar-refractivity contribution is 6.30. The molecule has 5 rings (SSSR count). The lowest BCUT2D eigenvalue weighted by Crippen LogP contribution is -2.52. The Labute approximate surface area is 248 Å². The maximum absolute atomic E-state index is 14.5. The van der Waals surface area contributed by atoms with Crippen molar-refractivity contribution in [2.24, 2.45) is 0 Å². The fourth-order valence-corrected chi connectivity index (χ4v) is 5.92. The summed E-state index contributed by atoms with van der Waals surface area (Å²) in [5.41, 5.74) is 4.11. The Morgan fingerprint density at radius 2 is 1.27 bits per heavy atom. The Morgan fingerprint density at radius 1 is 0.732 bits per heavy atom. The number of carbonyl (C=O) groups is 2. The van der Waals surface area contributed by atoms with Crippen LogP contribution in [0.25, 0.3) is 0 Å².